The van der Waals surface area contributed by atoms with Crippen LogP contribution in [0.3, 0.4) is 0 Å². The van der Waals surface area contributed by atoms with Gasteiger partial charge in [0.25, 0.3) is 0 Å². The van der Waals surface area contributed by atoms with Gasteiger partial charge in [-0.2, -0.15) is 4.98 Å². The van der Waals surface area contributed by atoms with Crippen molar-refractivity contribution in [2.24, 2.45) is 5.73 Å². The highest BCUT2D eigenvalue weighted by Crippen LogP contribution is 2.06. The molecule has 6 nitrogen and oxygen atoms in total. The molecule has 0 atom stereocenters. The van der Waals surface area contributed by atoms with E-state index in [9.17, 15) is 4.79 Å². The third kappa shape index (κ3) is 5.45. The number of carbonyl (C=O) groups excluding carboxylic acids is 1. The van der Waals surface area contributed by atoms with Gasteiger partial charge in [0, 0.05) is 24.9 Å². The van der Waals surface area contributed by atoms with Gasteiger partial charge in [-0.3, -0.25) is 4.79 Å². The predicted molar refractivity (Wildman–Crippen MR) is 58.5 cm³/mol. The van der Waals surface area contributed by atoms with Crippen LogP contribution in [0.5, 0.6) is 0 Å². The summed E-state index contributed by atoms with van der Waals surface area (Å²) in [6.07, 6.45) is 3.00. The van der Waals surface area contributed by atoms with Gasteiger partial charge in [0.1, 0.15) is 0 Å². The first-order valence-corrected chi connectivity index (χ1v) is 5.28. The molecule has 0 aliphatic carbocycles. The molecule has 0 aliphatic rings. The number of nitrogens with two attached hydrogens (primary N) is 1. The van der Waals surface area contributed by atoms with Crippen LogP contribution in [0.15, 0.2) is 10.9 Å². The normalized spacial score (nSPS) is 11.4. The summed E-state index contributed by atoms with van der Waals surface area (Å²) in [6, 6.07) is 0. The summed E-state index contributed by atoms with van der Waals surface area (Å²) in [7, 11) is 0. The van der Waals surface area contributed by atoms with Gasteiger partial charge in [0.15, 0.2) is 6.33 Å². The van der Waals surface area contributed by atoms with E-state index in [1.54, 1.807) is 0 Å². The molecule has 0 fully saturated rings. The van der Waals surface area contributed by atoms with E-state index < -0.39 is 0 Å². The Morgan fingerprint density at radius 1 is 1.62 bits per heavy atom. The molecule has 1 rings (SSSR count). The minimum absolute atomic E-state index is 0.00181. The fourth-order valence-corrected chi connectivity index (χ4v) is 1.14. The quantitative estimate of drug-likeness (QED) is 0.725. The smallest absolute Gasteiger partial charge is 0.228 e. The molecule has 6 heteroatoms. The average Bonchev–Trinajstić information content (AvgIpc) is 2.66. The number of rotatable bonds is 6. The fraction of sp³-hybridized carbons (Fsp3) is 0.700. The van der Waals surface area contributed by atoms with Crippen LogP contribution < -0.4 is 11.1 Å². The molecule has 0 spiro atoms. The third-order valence-corrected chi connectivity index (χ3v) is 2.06. The van der Waals surface area contributed by atoms with Crippen molar-refractivity contribution in [3.05, 3.63) is 12.2 Å². The first-order valence-electron chi connectivity index (χ1n) is 5.28. The maximum Gasteiger partial charge on any atom is 0.228 e. The maximum atomic E-state index is 11.4. The monoisotopic (exact) mass is 226 g/mol. The second kappa shape index (κ2) is 5.60. The molecular formula is C10H18N4O2. The van der Waals surface area contributed by atoms with Crippen LogP contribution in [0.4, 0.5) is 0 Å². The van der Waals surface area contributed by atoms with E-state index in [2.05, 4.69) is 15.5 Å². The highest BCUT2D eigenvalue weighted by atomic mass is 16.5. The van der Waals surface area contributed by atoms with Crippen molar-refractivity contribution in [1.29, 1.82) is 0 Å². The number of nitrogens with zero attached hydrogens (tertiary/aromatic N) is 2. The van der Waals surface area contributed by atoms with Crippen LogP contribution in [-0.2, 0) is 11.2 Å². The van der Waals surface area contributed by atoms with Crippen LogP contribution in [0.25, 0.3) is 0 Å². The summed E-state index contributed by atoms with van der Waals surface area (Å²) in [5.74, 6) is 0.525. The zero-order valence-corrected chi connectivity index (χ0v) is 9.69. The first-order chi connectivity index (χ1) is 7.47. The molecule has 3 N–H and O–H groups in total. The van der Waals surface area contributed by atoms with E-state index in [0.717, 1.165) is 0 Å². The highest BCUT2D eigenvalue weighted by molar-refractivity contribution is 5.75. The lowest BCUT2D eigenvalue weighted by molar-refractivity contribution is -0.121. The van der Waals surface area contributed by atoms with Gasteiger partial charge in [0.05, 0.1) is 0 Å². The van der Waals surface area contributed by atoms with E-state index in [0.29, 0.717) is 31.7 Å². The van der Waals surface area contributed by atoms with Crippen LogP contribution in [0.1, 0.15) is 32.6 Å². The van der Waals surface area contributed by atoms with E-state index in [4.69, 9.17) is 10.3 Å². The summed E-state index contributed by atoms with van der Waals surface area (Å²) in [6.45, 7) is 4.31. The lowest BCUT2D eigenvalue weighted by Gasteiger charge is -2.17. The van der Waals surface area contributed by atoms with Gasteiger partial charge in [-0.25, -0.2) is 0 Å². The van der Waals surface area contributed by atoms with Crippen molar-refractivity contribution >= 4 is 5.91 Å². The van der Waals surface area contributed by atoms with Crippen LogP contribution in [-0.4, -0.2) is 28.1 Å². The molecule has 0 aromatic carbocycles. The third-order valence-electron chi connectivity index (χ3n) is 2.06. The van der Waals surface area contributed by atoms with Crippen molar-refractivity contribution < 1.29 is 9.32 Å². The molecule has 0 bridgehead atoms. The van der Waals surface area contributed by atoms with E-state index in [1.165, 1.54) is 6.33 Å². The molecule has 0 aliphatic heterocycles. The first kappa shape index (κ1) is 12.6. The molecule has 1 aromatic rings. The Morgan fingerprint density at radius 2 is 2.38 bits per heavy atom. The fourth-order valence-electron chi connectivity index (χ4n) is 1.14. The molecule has 0 unspecified atom stereocenters. The number of carbonyl (C=O) groups is 1. The number of hydrogen-bond acceptors (Lipinski definition) is 5. The van der Waals surface area contributed by atoms with Crippen LogP contribution in [0.2, 0.25) is 0 Å². The average molecular weight is 226 g/mol. The highest BCUT2D eigenvalue weighted by Gasteiger charge is 2.12. The summed E-state index contributed by atoms with van der Waals surface area (Å²) in [5, 5.41) is 6.24. The second-order valence-electron chi connectivity index (χ2n) is 4.42. The SMILES string of the molecule is CC(C)(N)CCC(=O)NCCc1ncno1. The topological polar surface area (TPSA) is 94.0 Å². The Kier molecular flexibility index (Phi) is 4.42. The van der Waals surface area contributed by atoms with Crippen molar-refractivity contribution in [3.63, 3.8) is 0 Å². The Morgan fingerprint density at radius 3 is 2.94 bits per heavy atom. The van der Waals surface area contributed by atoms with E-state index >= 15 is 0 Å². The number of amides is 1. The number of hydrogen-bond donors (Lipinski definition) is 2. The minimum Gasteiger partial charge on any atom is -0.356 e. The van der Waals surface area contributed by atoms with Crippen LogP contribution in [0, 0.1) is 0 Å². The molecule has 16 heavy (non-hydrogen) atoms. The molecule has 0 saturated heterocycles. The largest absolute Gasteiger partial charge is 0.356 e. The summed E-state index contributed by atoms with van der Waals surface area (Å²) in [5.41, 5.74) is 5.47. The molecule has 90 valence electrons. The molecule has 0 radical (unpaired) electrons. The van der Waals surface area contributed by atoms with Crippen molar-refractivity contribution in [2.45, 2.75) is 38.6 Å². The summed E-state index contributed by atoms with van der Waals surface area (Å²) >= 11 is 0. The molecule has 0 saturated carbocycles. The Labute approximate surface area is 94.6 Å². The molecule has 1 aromatic heterocycles. The van der Waals surface area contributed by atoms with Gasteiger partial charge in [-0.05, 0) is 20.3 Å². The molecule has 1 heterocycles. The second-order valence-corrected chi connectivity index (χ2v) is 4.42. The Hall–Kier alpha value is -1.43. The maximum absolute atomic E-state index is 11.4. The Bertz CT molecular complexity index is 316. The number of nitrogens with one attached hydrogen (secondary N) is 1. The van der Waals surface area contributed by atoms with Gasteiger partial charge in [-0.1, -0.05) is 5.16 Å². The lowest BCUT2D eigenvalue weighted by atomic mass is 10.00. The van der Waals surface area contributed by atoms with Crippen molar-refractivity contribution in [1.82, 2.24) is 15.5 Å². The number of aromatic nitrogens is 2. The van der Waals surface area contributed by atoms with Gasteiger partial charge >= 0.3 is 0 Å². The van der Waals surface area contributed by atoms with Crippen molar-refractivity contribution in [3.8, 4) is 0 Å². The lowest BCUT2D eigenvalue weighted by Crippen LogP contribution is -2.34. The van der Waals surface area contributed by atoms with E-state index in [-0.39, 0.29) is 11.4 Å². The van der Waals surface area contributed by atoms with Gasteiger partial charge in [0.2, 0.25) is 11.8 Å². The Balaban J connectivity index is 2.11. The van der Waals surface area contributed by atoms with E-state index in [1.807, 2.05) is 13.8 Å². The standard InChI is InChI=1S/C10H18N4O2/c1-10(2,11)5-3-8(15)12-6-4-9-13-7-14-16-9/h7H,3-6,11H2,1-2H3,(H,12,15). The van der Waals surface area contributed by atoms with Gasteiger partial charge < -0.3 is 15.6 Å². The van der Waals surface area contributed by atoms with Gasteiger partial charge in [-0.15, -0.1) is 0 Å². The molecule has 1 amide bonds. The van der Waals surface area contributed by atoms with Crippen LogP contribution >= 0.6 is 0 Å². The summed E-state index contributed by atoms with van der Waals surface area (Å²) < 4.78 is 4.80. The summed E-state index contributed by atoms with van der Waals surface area (Å²) in [4.78, 5) is 15.2. The predicted octanol–water partition coefficient (Wildman–Crippen LogP) is 0.246. The molecular weight excluding hydrogens is 208 g/mol. The minimum atomic E-state index is -0.302. The zero-order valence-electron chi connectivity index (χ0n) is 9.69. The van der Waals surface area contributed by atoms with Crippen molar-refractivity contribution in [2.75, 3.05) is 6.54 Å². The zero-order chi connectivity index (χ0) is 12.0.